The van der Waals surface area contributed by atoms with Crippen LogP contribution < -0.4 is 9.47 Å². The fourth-order valence-electron chi connectivity index (χ4n) is 3.32. The summed E-state index contributed by atoms with van der Waals surface area (Å²) in [5, 5.41) is 2.06. The first-order valence-corrected chi connectivity index (χ1v) is 9.23. The Balaban J connectivity index is 2.01. The van der Waals surface area contributed by atoms with Gasteiger partial charge in [0.1, 0.15) is 0 Å². The van der Waals surface area contributed by atoms with E-state index in [9.17, 15) is 4.79 Å². The third-order valence-corrected chi connectivity index (χ3v) is 5.35. The summed E-state index contributed by atoms with van der Waals surface area (Å²) in [5.74, 6) is 1.26. The highest BCUT2D eigenvalue weighted by Gasteiger charge is 2.32. The van der Waals surface area contributed by atoms with Crippen molar-refractivity contribution in [3.63, 3.8) is 0 Å². The highest BCUT2D eigenvalue weighted by molar-refractivity contribution is 7.10. The largest absolute Gasteiger partial charge is 0.493 e. The summed E-state index contributed by atoms with van der Waals surface area (Å²) in [6.45, 7) is 3.31. The van der Waals surface area contributed by atoms with Gasteiger partial charge in [-0.05, 0) is 48.1 Å². The van der Waals surface area contributed by atoms with Crippen LogP contribution in [0.3, 0.4) is 0 Å². The van der Waals surface area contributed by atoms with Crippen LogP contribution in [0.25, 0.3) is 0 Å². The molecule has 1 aliphatic rings. The highest BCUT2D eigenvalue weighted by Crippen LogP contribution is 2.42. The minimum Gasteiger partial charge on any atom is -0.493 e. The third-order valence-electron chi connectivity index (χ3n) is 4.42. The van der Waals surface area contributed by atoms with E-state index in [1.54, 1.807) is 25.6 Å². The average molecular weight is 361 g/mol. The van der Waals surface area contributed by atoms with Crippen LogP contribution in [0.4, 0.5) is 0 Å². The topological polar surface area (TPSA) is 48.0 Å². The number of rotatable bonds is 6. The smallest absolute Gasteiger partial charge is 0.320 e. The highest BCUT2D eigenvalue weighted by atomic mass is 32.1. The van der Waals surface area contributed by atoms with Gasteiger partial charge >= 0.3 is 5.97 Å². The maximum absolute atomic E-state index is 12.1. The predicted molar refractivity (Wildman–Crippen MR) is 97.6 cm³/mol. The molecule has 0 saturated carbocycles. The molecule has 3 rings (SSSR count). The summed E-state index contributed by atoms with van der Waals surface area (Å²) in [7, 11) is 3.29. The van der Waals surface area contributed by atoms with Crippen molar-refractivity contribution in [3.05, 3.63) is 45.6 Å². The number of carbonyl (C=O) groups excluding carboxylic acids is 1. The summed E-state index contributed by atoms with van der Waals surface area (Å²) in [5.41, 5.74) is 2.40. The molecule has 6 heteroatoms. The van der Waals surface area contributed by atoms with Crippen molar-refractivity contribution in [1.29, 1.82) is 0 Å². The fraction of sp³-hybridized carbons (Fsp3) is 0.421. The molecule has 0 N–H and O–H groups in total. The lowest BCUT2D eigenvalue weighted by Crippen LogP contribution is -2.39. The van der Waals surface area contributed by atoms with Crippen LogP contribution in [0.15, 0.2) is 29.6 Å². The second-order valence-corrected chi connectivity index (χ2v) is 6.83. The quantitative estimate of drug-likeness (QED) is 0.739. The SMILES string of the molecule is CCOC(=O)CN1CCc2cc(OC)c(OC)cc2C1c1cccs1. The number of ether oxygens (including phenoxy) is 3. The summed E-state index contributed by atoms with van der Waals surface area (Å²) >= 11 is 1.69. The minimum atomic E-state index is -0.187. The first-order valence-electron chi connectivity index (χ1n) is 8.35. The predicted octanol–water partition coefficient (Wildman–Crippen LogP) is 3.28. The molecule has 1 aromatic carbocycles. The van der Waals surface area contributed by atoms with Crippen LogP contribution in [0.1, 0.15) is 29.0 Å². The molecule has 2 heterocycles. The molecule has 0 aliphatic carbocycles. The summed E-state index contributed by atoms with van der Waals surface area (Å²) in [4.78, 5) is 15.4. The molecule has 0 saturated heterocycles. The molecule has 134 valence electrons. The molecule has 0 bridgehead atoms. The van der Waals surface area contributed by atoms with Crippen molar-refractivity contribution in [2.24, 2.45) is 0 Å². The van der Waals surface area contributed by atoms with E-state index in [0.29, 0.717) is 12.4 Å². The number of fused-ring (bicyclic) bond motifs is 1. The van der Waals surface area contributed by atoms with Gasteiger partial charge in [-0.3, -0.25) is 9.69 Å². The number of benzene rings is 1. The van der Waals surface area contributed by atoms with Crippen molar-refractivity contribution in [1.82, 2.24) is 4.90 Å². The van der Waals surface area contributed by atoms with Crippen LogP contribution in [-0.2, 0) is 16.0 Å². The van der Waals surface area contributed by atoms with E-state index >= 15 is 0 Å². The molecule has 25 heavy (non-hydrogen) atoms. The lowest BCUT2D eigenvalue weighted by molar-refractivity contribution is -0.144. The lowest BCUT2D eigenvalue weighted by Gasteiger charge is -2.36. The Morgan fingerprint density at radius 1 is 1.28 bits per heavy atom. The number of nitrogens with zero attached hydrogens (tertiary/aromatic N) is 1. The van der Waals surface area contributed by atoms with Gasteiger partial charge in [-0.15, -0.1) is 11.3 Å². The monoisotopic (exact) mass is 361 g/mol. The number of methoxy groups -OCH3 is 2. The zero-order valence-corrected chi connectivity index (χ0v) is 15.6. The normalized spacial score (nSPS) is 17.0. The van der Waals surface area contributed by atoms with Gasteiger partial charge in [0.05, 0.1) is 33.4 Å². The zero-order chi connectivity index (χ0) is 17.8. The molecule has 5 nitrogen and oxygen atoms in total. The summed E-state index contributed by atoms with van der Waals surface area (Å²) in [6, 6.07) is 8.26. The van der Waals surface area contributed by atoms with E-state index in [1.165, 1.54) is 10.4 Å². The van der Waals surface area contributed by atoms with Crippen LogP contribution in [-0.4, -0.2) is 44.8 Å². The number of hydrogen-bond acceptors (Lipinski definition) is 6. The van der Waals surface area contributed by atoms with Crippen molar-refractivity contribution in [2.75, 3.05) is 33.9 Å². The maximum Gasteiger partial charge on any atom is 0.320 e. The number of esters is 1. The van der Waals surface area contributed by atoms with Gasteiger partial charge in [0, 0.05) is 11.4 Å². The minimum absolute atomic E-state index is 0.0213. The van der Waals surface area contributed by atoms with E-state index in [2.05, 4.69) is 22.4 Å². The van der Waals surface area contributed by atoms with Gasteiger partial charge in [-0.1, -0.05) is 6.07 Å². The fourth-order valence-corrected chi connectivity index (χ4v) is 4.20. The van der Waals surface area contributed by atoms with Crippen LogP contribution in [0, 0.1) is 0 Å². The second-order valence-electron chi connectivity index (χ2n) is 5.85. The van der Waals surface area contributed by atoms with Gasteiger partial charge in [-0.25, -0.2) is 0 Å². The number of thiophene rings is 1. The van der Waals surface area contributed by atoms with Crippen LogP contribution in [0.5, 0.6) is 11.5 Å². The van der Waals surface area contributed by atoms with Crippen molar-refractivity contribution in [2.45, 2.75) is 19.4 Å². The van der Waals surface area contributed by atoms with E-state index < -0.39 is 0 Å². The molecule has 0 fully saturated rings. The van der Waals surface area contributed by atoms with Gasteiger partial charge in [0.2, 0.25) is 0 Å². The van der Waals surface area contributed by atoms with Crippen molar-refractivity contribution in [3.8, 4) is 11.5 Å². The van der Waals surface area contributed by atoms with Gasteiger partial charge < -0.3 is 14.2 Å². The van der Waals surface area contributed by atoms with Crippen molar-refractivity contribution >= 4 is 17.3 Å². The maximum atomic E-state index is 12.1. The molecule has 0 radical (unpaired) electrons. The lowest BCUT2D eigenvalue weighted by atomic mass is 9.91. The van der Waals surface area contributed by atoms with E-state index in [0.717, 1.165) is 24.3 Å². The average Bonchev–Trinajstić information content (AvgIpc) is 3.14. The Labute approximate surface area is 152 Å². The third kappa shape index (κ3) is 3.65. The first-order chi connectivity index (χ1) is 12.2. The van der Waals surface area contributed by atoms with E-state index in [-0.39, 0.29) is 18.6 Å². The Morgan fingerprint density at radius 3 is 2.68 bits per heavy atom. The molecule has 2 aromatic rings. The van der Waals surface area contributed by atoms with Gasteiger partial charge in [0.15, 0.2) is 11.5 Å². The molecule has 1 atom stereocenters. The van der Waals surface area contributed by atoms with Crippen LogP contribution in [0.2, 0.25) is 0 Å². The number of hydrogen-bond donors (Lipinski definition) is 0. The number of carbonyl (C=O) groups is 1. The van der Waals surface area contributed by atoms with Crippen LogP contribution >= 0.6 is 11.3 Å². The Hall–Kier alpha value is -2.05. The van der Waals surface area contributed by atoms with Crippen molar-refractivity contribution < 1.29 is 19.0 Å². The molecular weight excluding hydrogens is 338 g/mol. The van der Waals surface area contributed by atoms with Gasteiger partial charge in [0.25, 0.3) is 0 Å². The molecule has 1 unspecified atom stereocenters. The Bertz CT molecular complexity index is 729. The first kappa shape index (κ1) is 17.8. The molecule has 1 aliphatic heterocycles. The molecule has 0 spiro atoms. The van der Waals surface area contributed by atoms with Gasteiger partial charge in [-0.2, -0.15) is 0 Å². The zero-order valence-electron chi connectivity index (χ0n) is 14.8. The molecular formula is C19H23NO4S. The molecule has 0 amide bonds. The summed E-state index contributed by atoms with van der Waals surface area (Å²) in [6.07, 6.45) is 0.858. The molecule has 1 aromatic heterocycles. The Kier molecular flexibility index (Phi) is 5.60. The van der Waals surface area contributed by atoms with E-state index in [1.807, 2.05) is 19.1 Å². The second kappa shape index (κ2) is 7.89. The van der Waals surface area contributed by atoms with E-state index in [4.69, 9.17) is 14.2 Å². The standard InChI is InChI=1S/C19H23NO4S/c1-4-24-18(21)12-20-8-7-13-10-15(22-2)16(23-3)11-14(13)19(20)17-6-5-9-25-17/h5-6,9-11,19H,4,7-8,12H2,1-3H3. The summed E-state index contributed by atoms with van der Waals surface area (Å²) < 4.78 is 16.1. The Morgan fingerprint density at radius 2 is 2.04 bits per heavy atom.